The van der Waals surface area contributed by atoms with E-state index in [2.05, 4.69) is 15.8 Å². The van der Waals surface area contributed by atoms with Crippen LogP contribution in [0.15, 0.2) is 89.0 Å². The maximum atomic E-state index is 13.0. The highest BCUT2D eigenvalue weighted by molar-refractivity contribution is 7.10. The molecule has 1 heterocycles. The molecule has 2 N–H and O–H groups in total. The topological polar surface area (TPSA) is 134 Å². The van der Waals surface area contributed by atoms with Gasteiger partial charge in [-0.15, -0.1) is 11.3 Å². The van der Waals surface area contributed by atoms with Gasteiger partial charge >= 0.3 is 5.97 Å². The molecule has 0 radical (unpaired) electrons. The molecule has 0 aliphatic rings. The molecule has 0 bridgehead atoms. The second kappa shape index (κ2) is 15.0. The highest BCUT2D eigenvalue weighted by Gasteiger charge is 2.20. The largest absolute Gasteiger partial charge is 0.493 e. The lowest BCUT2D eigenvalue weighted by atomic mass is 10.1. The molecule has 1 aromatic heterocycles. The number of amides is 2. The van der Waals surface area contributed by atoms with Crippen LogP contribution < -0.4 is 34.4 Å². The monoisotopic (exact) mass is 615 g/mol. The predicted molar refractivity (Wildman–Crippen MR) is 166 cm³/mol. The first kappa shape index (κ1) is 31.3. The van der Waals surface area contributed by atoms with Gasteiger partial charge in [0, 0.05) is 10.4 Å². The Morgan fingerprint density at radius 2 is 1.45 bits per heavy atom. The number of thiophene rings is 1. The number of rotatable bonds is 12. The van der Waals surface area contributed by atoms with Crippen molar-refractivity contribution in [2.45, 2.75) is 0 Å². The lowest BCUT2D eigenvalue weighted by Gasteiger charge is -2.14. The number of nitrogens with zero attached hydrogens (tertiary/aromatic N) is 1. The maximum Gasteiger partial charge on any atom is 0.343 e. The molecule has 4 aromatic rings. The summed E-state index contributed by atoms with van der Waals surface area (Å²) < 4.78 is 26.9. The van der Waals surface area contributed by atoms with Gasteiger partial charge in [0.15, 0.2) is 23.0 Å². The quantitative estimate of drug-likeness (QED) is 0.0754. The van der Waals surface area contributed by atoms with Gasteiger partial charge in [-0.25, -0.2) is 10.2 Å². The number of carbonyl (C=O) groups is 3. The first-order valence-electron chi connectivity index (χ1n) is 13.0. The lowest BCUT2D eigenvalue weighted by Crippen LogP contribution is -2.32. The summed E-state index contributed by atoms with van der Waals surface area (Å²) in [6.45, 7) is 0. The van der Waals surface area contributed by atoms with Crippen LogP contribution in [-0.4, -0.2) is 52.4 Å². The number of hydrazone groups is 1. The summed E-state index contributed by atoms with van der Waals surface area (Å²) in [7, 11) is 5.77. The van der Waals surface area contributed by atoms with Crippen molar-refractivity contribution < 1.29 is 38.1 Å². The van der Waals surface area contributed by atoms with Crippen LogP contribution in [0.1, 0.15) is 31.2 Å². The van der Waals surface area contributed by atoms with E-state index in [-0.39, 0.29) is 22.8 Å². The SMILES string of the molecule is COc1cc(/C=N\NC(=O)/C(=C/c2cccs2)NC(=O)c2ccccc2)ccc1OC(=O)c1cc(OC)c(OC)c(OC)c1. The molecule has 3 aromatic carbocycles. The second-order valence-corrected chi connectivity index (χ2v) is 9.79. The van der Waals surface area contributed by atoms with E-state index < -0.39 is 17.8 Å². The molecule has 0 fully saturated rings. The van der Waals surface area contributed by atoms with Crippen LogP contribution in [0, 0.1) is 0 Å². The third kappa shape index (κ3) is 7.81. The molecule has 0 aliphatic heterocycles. The summed E-state index contributed by atoms with van der Waals surface area (Å²) in [6, 6.07) is 19.9. The van der Waals surface area contributed by atoms with E-state index in [1.807, 2.05) is 17.5 Å². The minimum Gasteiger partial charge on any atom is -0.493 e. The van der Waals surface area contributed by atoms with E-state index in [1.165, 1.54) is 64.2 Å². The fourth-order valence-electron chi connectivity index (χ4n) is 3.89. The lowest BCUT2D eigenvalue weighted by molar-refractivity contribution is -0.117. The average molecular weight is 616 g/mol. The Labute approximate surface area is 257 Å². The Balaban J connectivity index is 1.47. The zero-order valence-electron chi connectivity index (χ0n) is 24.3. The van der Waals surface area contributed by atoms with Crippen molar-refractivity contribution in [1.82, 2.24) is 10.7 Å². The third-order valence-electron chi connectivity index (χ3n) is 6.03. The van der Waals surface area contributed by atoms with E-state index in [4.69, 9.17) is 23.7 Å². The number of nitrogens with one attached hydrogen (secondary N) is 2. The summed E-state index contributed by atoms with van der Waals surface area (Å²) in [4.78, 5) is 39.4. The first-order chi connectivity index (χ1) is 21.4. The van der Waals surface area contributed by atoms with Crippen LogP contribution >= 0.6 is 11.3 Å². The summed E-state index contributed by atoms with van der Waals surface area (Å²) in [5.41, 5.74) is 3.55. The summed E-state index contributed by atoms with van der Waals surface area (Å²) in [5, 5.41) is 8.53. The molecule has 0 saturated heterocycles. The third-order valence-corrected chi connectivity index (χ3v) is 6.85. The Morgan fingerprint density at radius 1 is 0.750 bits per heavy atom. The molecule has 0 aliphatic carbocycles. The van der Waals surface area contributed by atoms with E-state index >= 15 is 0 Å². The number of benzene rings is 3. The number of ether oxygens (including phenoxy) is 5. The molecule has 2 amide bonds. The van der Waals surface area contributed by atoms with Crippen molar-refractivity contribution in [3.05, 3.63) is 105 Å². The number of hydrogen-bond acceptors (Lipinski definition) is 10. The van der Waals surface area contributed by atoms with Gasteiger partial charge in [-0.2, -0.15) is 5.10 Å². The number of hydrogen-bond donors (Lipinski definition) is 2. The Kier molecular flexibility index (Phi) is 10.7. The van der Waals surface area contributed by atoms with Crippen molar-refractivity contribution in [2.24, 2.45) is 5.10 Å². The molecule has 0 atom stereocenters. The molecular weight excluding hydrogens is 586 g/mol. The molecule has 0 saturated carbocycles. The fourth-order valence-corrected chi connectivity index (χ4v) is 4.55. The zero-order valence-corrected chi connectivity index (χ0v) is 25.1. The molecule has 0 unspecified atom stereocenters. The van der Waals surface area contributed by atoms with Crippen LogP contribution in [0.25, 0.3) is 6.08 Å². The van der Waals surface area contributed by atoms with Crippen molar-refractivity contribution in [3.63, 3.8) is 0 Å². The van der Waals surface area contributed by atoms with Gasteiger partial charge in [0.05, 0.1) is 40.2 Å². The summed E-state index contributed by atoms with van der Waals surface area (Å²) in [6.07, 6.45) is 2.95. The van der Waals surface area contributed by atoms with Crippen molar-refractivity contribution >= 4 is 41.4 Å². The molecule has 12 heteroatoms. The van der Waals surface area contributed by atoms with Crippen molar-refractivity contribution in [1.29, 1.82) is 0 Å². The zero-order chi connectivity index (χ0) is 31.5. The van der Waals surface area contributed by atoms with Gasteiger partial charge in [-0.1, -0.05) is 24.3 Å². The minimum absolute atomic E-state index is 0.0186. The first-order valence-corrected chi connectivity index (χ1v) is 13.9. The van der Waals surface area contributed by atoms with Gasteiger partial charge in [-0.3, -0.25) is 9.59 Å². The highest BCUT2D eigenvalue weighted by Crippen LogP contribution is 2.38. The fraction of sp³-hybridized carbons (Fsp3) is 0.125. The van der Waals surface area contributed by atoms with Gasteiger partial charge < -0.3 is 29.0 Å². The van der Waals surface area contributed by atoms with Gasteiger partial charge in [0.2, 0.25) is 5.75 Å². The molecule has 4 rings (SSSR count). The second-order valence-electron chi connectivity index (χ2n) is 8.81. The molecule has 44 heavy (non-hydrogen) atoms. The molecular formula is C32H29N3O8S. The normalized spacial score (nSPS) is 11.0. The molecule has 11 nitrogen and oxygen atoms in total. The van der Waals surface area contributed by atoms with Crippen molar-refractivity contribution in [2.75, 3.05) is 28.4 Å². The van der Waals surface area contributed by atoms with E-state index in [0.29, 0.717) is 28.4 Å². The standard InChI is InChI=1S/C32H29N3O8S/c1-39-26-15-20(12-13-25(26)43-32(38)22-16-27(40-2)29(42-4)28(17-22)41-3)19-33-35-31(37)24(18-23-11-8-14-44-23)34-30(36)21-9-6-5-7-10-21/h5-19H,1-4H3,(H,34,36)(H,35,37)/b24-18-,33-19-. The summed E-state index contributed by atoms with van der Waals surface area (Å²) >= 11 is 1.41. The number of esters is 1. The molecule has 0 spiro atoms. The Hall–Kier alpha value is -5.62. The average Bonchev–Trinajstić information content (AvgIpc) is 3.57. The Morgan fingerprint density at radius 3 is 2.07 bits per heavy atom. The van der Waals surface area contributed by atoms with E-state index in [1.54, 1.807) is 48.5 Å². The smallest absolute Gasteiger partial charge is 0.343 e. The van der Waals surface area contributed by atoms with E-state index in [9.17, 15) is 14.4 Å². The Bertz CT molecular complexity index is 1660. The number of carbonyl (C=O) groups excluding carboxylic acids is 3. The van der Waals surface area contributed by atoms with Crippen LogP contribution in [0.5, 0.6) is 28.7 Å². The number of methoxy groups -OCH3 is 4. The summed E-state index contributed by atoms with van der Waals surface area (Å²) in [5.74, 6) is -0.409. The van der Waals surface area contributed by atoms with Crippen LogP contribution in [0.2, 0.25) is 0 Å². The highest BCUT2D eigenvalue weighted by atomic mass is 32.1. The maximum absolute atomic E-state index is 13.0. The molecule has 226 valence electrons. The van der Waals surface area contributed by atoms with Gasteiger partial charge in [0.1, 0.15) is 5.70 Å². The van der Waals surface area contributed by atoms with Gasteiger partial charge in [-0.05, 0) is 65.6 Å². The van der Waals surface area contributed by atoms with Crippen LogP contribution in [0.3, 0.4) is 0 Å². The predicted octanol–water partition coefficient (Wildman–Crippen LogP) is 4.92. The van der Waals surface area contributed by atoms with Crippen LogP contribution in [-0.2, 0) is 4.79 Å². The minimum atomic E-state index is -0.682. The van der Waals surface area contributed by atoms with Crippen molar-refractivity contribution in [3.8, 4) is 28.7 Å². The van der Waals surface area contributed by atoms with E-state index in [0.717, 1.165) is 4.88 Å². The van der Waals surface area contributed by atoms with Gasteiger partial charge in [0.25, 0.3) is 11.8 Å². The van der Waals surface area contributed by atoms with Crippen LogP contribution in [0.4, 0.5) is 0 Å².